The van der Waals surface area contributed by atoms with Gasteiger partial charge in [-0.15, -0.1) is 0 Å². The van der Waals surface area contributed by atoms with Gasteiger partial charge in [0, 0.05) is 0 Å². The summed E-state index contributed by atoms with van der Waals surface area (Å²) in [4.78, 5) is 11.1. The molecule has 0 radical (unpaired) electrons. The van der Waals surface area contributed by atoms with Crippen LogP contribution in [0, 0.1) is 0 Å². The van der Waals surface area contributed by atoms with Gasteiger partial charge in [-0.3, -0.25) is 0 Å². The summed E-state index contributed by atoms with van der Waals surface area (Å²) in [6, 6.07) is 14.4. The molecule has 0 unspecified atom stereocenters. The monoisotopic (exact) mass is 242 g/mol. The molecule has 3 heteroatoms. The van der Waals surface area contributed by atoms with Gasteiger partial charge in [-0.25, -0.2) is 4.79 Å². The van der Waals surface area contributed by atoms with Crippen molar-refractivity contribution >= 4 is 5.97 Å². The SMILES string of the molecule is CCOc1ccc(-c2ccccc2C(=O)O)cc1. The molecule has 2 aromatic rings. The molecule has 2 aromatic carbocycles. The minimum atomic E-state index is -0.917. The Balaban J connectivity index is 2.39. The molecular weight excluding hydrogens is 228 g/mol. The van der Waals surface area contributed by atoms with Gasteiger partial charge in [-0.1, -0.05) is 30.3 Å². The van der Waals surface area contributed by atoms with Crippen molar-refractivity contribution in [1.82, 2.24) is 0 Å². The normalized spacial score (nSPS) is 10.1. The summed E-state index contributed by atoms with van der Waals surface area (Å²) < 4.78 is 5.36. The highest BCUT2D eigenvalue weighted by atomic mass is 16.5. The van der Waals surface area contributed by atoms with E-state index in [1.807, 2.05) is 37.3 Å². The summed E-state index contributed by atoms with van der Waals surface area (Å²) in [6.45, 7) is 2.54. The number of carbonyl (C=O) groups is 1. The van der Waals surface area contributed by atoms with Crippen molar-refractivity contribution in [3.8, 4) is 16.9 Å². The van der Waals surface area contributed by atoms with Crippen molar-refractivity contribution in [3.05, 3.63) is 54.1 Å². The summed E-state index contributed by atoms with van der Waals surface area (Å²) in [5.41, 5.74) is 1.89. The van der Waals surface area contributed by atoms with Gasteiger partial charge >= 0.3 is 5.97 Å². The molecule has 1 N–H and O–H groups in total. The predicted octanol–water partition coefficient (Wildman–Crippen LogP) is 3.45. The van der Waals surface area contributed by atoms with E-state index in [1.165, 1.54) is 0 Å². The molecule has 92 valence electrons. The maximum Gasteiger partial charge on any atom is 0.336 e. The lowest BCUT2D eigenvalue weighted by molar-refractivity contribution is 0.0697. The third-order valence-corrected chi connectivity index (χ3v) is 2.63. The van der Waals surface area contributed by atoms with Crippen LogP contribution in [0.4, 0.5) is 0 Å². The van der Waals surface area contributed by atoms with E-state index in [-0.39, 0.29) is 0 Å². The summed E-state index contributed by atoms with van der Waals surface area (Å²) in [5, 5.41) is 9.14. The zero-order valence-electron chi connectivity index (χ0n) is 10.1. The molecule has 0 bridgehead atoms. The van der Waals surface area contributed by atoms with Gasteiger partial charge in [0.1, 0.15) is 5.75 Å². The molecule has 2 rings (SSSR count). The van der Waals surface area contributed by atoms with Crippen LogP contribution < -0.4 is 4.74 Å². The number of rotatable bonds is 4. The third-order valence-electron chi connectivity index (χ3n) is 2.63. The van der Waals surface area contributed by atoms with E-state index >= 15 is 0 Å². The maximum atomic E-state index is 11.1. The Labute approximate surface area is 106 Å². The van der Waals surface area contributed by atoms with E-state index in [0.29, 0.717) is 17.7 Å². The fourth-order valence-electron chi connectivity index (χ4n) is 1.82. The molecule has 0 spiro atoms. The smallest absolute Gasteiger partial charge is 0.336 e. The average molecular weight is 242 g/mol. The highest BCUT2D eigenvalue weighted by Crippen LogP contribution is 2.25. The van der Waals surface area contributed by atoms with Crippen LogP contribution in [0.5, 0.6) is 5.75 Å². The van der Waals surface area contributed by atoms with E-state index in [0.717, 1.165) is 11.3 Å². The third kappa shape index (κ3) is 2.51. The van der Waals surface area contributed by atoms with Crippen LogP contribution in [0.25, 0.3) is 11.1 Å². The molecule has 0 aromatic heterocycles. The summed E-state index contributed by atoms with van der Waals surface area (Å²) in [5.74, 6) is -0.131. The number of ether oxygens (including phenoxy) is 1. The Hall–Kier alpha value is -2.29. The molecule has 3 nitrogen and oxygen atoms in total. The Kier molecular flexibility index (Phi) is 3.63. The van der Waals surface area contributed by atoms with Crippen LogP contribution in [0.3, 0.4) is 0 Å². The number of aromatic carboxylic acids is 1. The van der Waals surface area contributed by atoms with Gasteiger partial charge in [-0.05, 0) is 36.2 Å². The van der Waals surface area contributed by atoms with Gasteiger partial charge in [0.05, 0.1) is 12.2 Å². The maximum absolute atomic E-state index is 11.1. The Morgan fingerprint density at radius 1 is 1.11 bits per heavy atom. The van der Waals surface area contributed by atoms with Gasteiger partial charge < -0.3 is 9.84 Å². The minimum Gasteiger partial charge on any atom is -0.494 e. The lowest BCUT2D eigenvalue weighted by Gasteiger charge is -2.07. The highest BCUT2D eigenvalue weighted by Gasteiger charge is 2.10. The Bertz CT molecular complexity index is 544. The number of carboxylic acids is 1. The average Bonchev–Trinajstić information content (AvgIpc) is 2.40. The summed E-state index contributed by atoms with van der Waals surface area (Å²) >= 11 is 0. The first-order valence-electron chi connectivity index (χ1n) is 5.78. The van der Waals surface area contributed by atoms with Crippen LogP contribution in [-0.2, 0) is 0 Å². The number of hydrogen-bond acceptors (Lipinski definition) is 2. The standard InChI is InChI=1S/C15H14O3/c1-2-18-12-9-7-11(8-10-12)13-5-3-4-6-14(13)15(16)17/h3-10H,2H2,1H3,(H,16,17). The fraction of sp³-hybridized carbons (Fsp3) is 0.133. The molecule has 0 fully saturated rings. The van der Waals surface area contributed by atoms with Gasteiger partial charge in [-0.2, -0.15) is 0 Å². The van der Waals surface area contributed by atoms with Crippen molar-refractivity contribution < 1.29 is 14.6 Å². The van der Waals surface area contributed by atoms with Gasteiger partial charge in [0.2, 0.25) is 0 Å². The van der Waals surface area contributed by atoms with Crippen molar-refractivity contribution in [2.24, 2.45) is 0 Å². The summed E-state index contributed by atoms with van der Waals surface area (Å²) in [7, 11) is 0. The molecule has 0 saturated carbocycles. The molecule has 0 heterocycles. The molecule has 0 atom stereocenters. The fourth-order valence-corrected chi connectivity index (χ4v) is 1.82. The van der Waals surface area contributed by atoms with Crippen LogP contribution in [-0.4, -0.2) is 17.7 Å². The summed E-state index contributed by atoms with van der Waals surface area (Å²) in [6.07, 6.45) is 0. The number of hydrogen-bond donors (Lipinski definition) is 1. The largest absolute Gasteiger partial charge is 0.494 e. The topological polar surface area (TPSA) is 46.5 Å². The van der Waals surface area contributed by atoms with Gasteiger partial charge in [0.25, 0.3) is 0 Å². The number of benzene rings is 2. The van der Waals surface area contributed by atoms with E-state index in [2.05, 4.69) is 0 Å². The molecule has 0 aliphatic carbocycles. The molecule has 0 amide bonds. The van der Waals surface area contributed by atoms with Crippen molar-refractivity contribution in [1.29, 1.82) is 0 Å². The second-order valence-electron chi connectivity index (χ2n) is 3.81. The lowest BCUT2D eigenvalue weighted by atomic mass is 10.00. The lowest BCUT2D eigenvalue weighted by Crippen LogP contribution is -1.99. The highest BCUT2D eigenvalue weighted by molar-refractivity contribution is 5.96. The van der Waals surface area contributed by atoms with Crippen molar-refractivity contribution in [2.45, 2.75) is 6.92 Å². The molecule has 0 aliphatic heterocycles. The quantitative estimate of drug-likeness (QED) is 0.893. The molecule has 0 saturated heterocycles. The van der Waals surface area contributed by atoms with E-state index in [4.69, 9.17) is 9.84 Å². The first kappa shape index (κ1) is 12.2. The molecule has 18 heavy (non-hydrogen) atoms. The first-order valence-corrected chi connectivity index (χ1v) is 5.78. The molecular formula is C15H14O3. The zero-order valence-corrected chi connectivity index (χ0v) is 10.1. The first-order chi connectivity index (χ1) is 8.72. The number of carboxylic acid groups (broad SMARTS) is 1. The Morgan fingerprint density at radius 3 is 2.39 bits per heavy atom. The minimum absolute atomic E-state index is 0.307. The van der Waals surface area contributed by atoms with E-state index in [1.54, 1.807) is 18.2 Å². The zero-order chi connectivity index (χ0) is 13.0. The van der Waals surface area contributed by atoms with Crippen molar-refractivity contribution in [2.75, 3.05) is 6.61 Å². The van der Waals surface area contributed by atoms with Crippen LogP contribution >= 0.6 is 0 Å². The van der Waals surface area contributed by atoms with E-state index < -0.39 is 5.97 Å². The van der Waals surface area contributed by atoms with E-state index in [9.17, 15) is 4.79 Å². The second kappa shape index (κ2) is 5.36. The van der Waals surface area contributed by atoms with Gasteiger partial charge in [0.15, 0.2) is 0 Å². The van der Waals surface area contributed by atoms with Crippen LogP contribution in [0.1, 0.15) is 17.3 Å². The second-order valence-corrected chi connectivity index (χ2v) is 3.81. The van der Waals surface area contributed by atoms with Crippen LogP contribution in [0.15, 0.2) is 48.5 Å². The molecule has 0 aliphatic rings. The predicted molar refractivity (Wildman–Crippen MR) is 70.0 cm³/mol. The Morgan fingerprint density at radius 2 is 1.78 bits per heavy atom. The van der Waals surface area contributed by atoms with Crippen molar-refractivity contribution in [3.63, 3.8) is 0 Å². The van der Waals surface area contributed by atoms with Crippen LogP contribution in [0.2, 0.25) is 0 Å².